The molecule has 1 aliphatic rings. The molecule has 10 heteroatoms. The topological polar surface area (TPSA) is 103 Å². The van der Waals surface area contributed by atoms with E-state index in [1.807, 2.05) is 38.8 Å². The van der Waals surface area contributed by atoms with Gasteiger partial charge in [-0.15, -0.1) is 0 Å². The van der Waals surface area contributed by atoms with Crippen LogP contribution in [0.4, 0.5) is 10.1 Å². The van der Waals surface area contributed by atoms with Crippen molar-refractivity contribution in [3.05, 3.63) is 72.7 Å². The third-order valence-electron chi connectivity index (χ3n) is 7.58. The molecule has 6 aromatic rings. The van der Waals surface area contributed by atoms with Crippen molar-refractivity contribution in [1.82, 2.24) is 40.0 Å². The van der Waals surface area contributed by atoms with Crippen molar-refractivity contribution in [1.29, 1.82) is 0 Å². The molecule has 0 amide bonds. The smallest absolute Gasteiger partial charge is 0.181 e. The first-order chi connectivity index (χ1) is 20.0. The van der Waals surface area contributed by atoms with Crippen LogP contribution in [0.2, 0.25) is 0 Å². The van der Waals surface area contributed by atoms with Crippen LogP contribution in [-0.4, -0.2) is 67.2 Å². The minimum Gasteiger partial charge on any atom is -0.371 e. The van der Waals surface area contributed by atoms with E-state index in [-0.39, 0.29) is 5.82 Å². The van der Waals surface area contributed by atoms with Gasteiger partial charge >= 0.3 is 0 Å². The maximum Gasteiger partial charge on any atom is 0.181 e. The molecule has 206 valence electrons. The van der Waals surface area contributed by atoms with Gasteiger partial charge in [-0.3, -0.25) is 15.1 Å². The molecule has 41 heavy (non-hydrogen) atoms. The molecule has 0 bridgehead atoms. The van der Waals surface area contributed by atoms with Crippen molar-refractivity contribution in [2.45, 2.75) is 25.8 Å². The molecular formula is C31H30FN9. The molecule has 0 unspecified atom stereocenters. The number of benzene rings is 1. The summed E-state index contributed by atoms with van der Waals surface area (Å²) in [5, 5.41) is 8.38. The van der Waals surface area contributed by atoms with E-state index in [4.69, 9.17) is 4.98 Å². The van der Waals surface area contributed by atoms with Crippen LogP contribution < -0.4 is 4.90 Å². The molecule has 9 nitrogen and oxygen atoms in total. The molecule has 0 atom stereocenters. The molecule has 1 aromatic carbocycles. The van der Waals surface area contributed by atoms with E-state index in [2.05, 4.69) is 52.1 Å². The van der Waals surface area contributed by atoms with Crippen LogP contribution in [0.1, 0.15) is 24.8 Å². The lowest BCUT2D eigenvalue weighted by Gasteiger charge is -2.29. The number of H-pyrrole nitrogens is 2. The predicted molar refractivity (Wildman–Crippen MR) is 159 cm³/mol. The van der Waals surface area contributed by atoms with Gasteiger partial charge in [0.1, 0.15) is 11.5 Å². The fourth-order valence-electron chi connectivity index (χ4n) is 5.66. The van der Waals surface area contributed by atoms with Crippen LogP contribution in [0.3, 0.4) is 0 Å². The summed E-state index contributed by atoms with van der Waals surface area (Å²) < 4.78 is 14.8. The molecular weight excluding hydrogens is 517 g/mol. The summed E-state index contributed by atoms with van der Waals surface area (Å²) in [7, 11) is 4.07. The van der Waals surface area contributed by atoms with E-state index in [9.17, 15) is 4.39 Å². The fraction of sp³-hybridized carbons (Fsp3) is 0.258. The second kappa shape index (κ2) is 10.4. The molecule has 0 aliphatic carbocycles. The zero-order valence-corrected chi connectivity index (χ0v) is 23.0. The van der Waals surface area contributed by atoms with Crippen LogP contribution in [0.25, 0.3) is 55.8 Å². The maximum absolute atomic E-state index is 14.8. The summed E-state index contributed by atoms with van der Waals surface area (Å²) in [4.78, 5) is 26.2. The highest BCUT2D eigenvalue weighted by Crippen LogP contribution is 2.34. The summed E-state index contributed by atoms with van der Waals surface area (Å²) in [5.74, 6) is 0.348. The zero-order valence-electron chi connectivity index (χ0n) is 23.0. The van der Waals surface area contributed by atoms with Crippen molar-refractivity contribution in [3.63, 3.8) is 0 Å². The first kappa shape index (κ1) is 25.3. The second-order valence-corrected chi connectivity index (χ2v) is 10.9. The summed E-state index contributed by atoms with van der Waals surface area (Å²) in [6, 6.07) is 9.40. The molecule has 0 spiro atoms. The average Bonchev–Trinajstić information content (AvgIpc) is 3.61. The van der Waals surface area contributed by atoms with Gasteiger partial charge in [0.05, 0.1) is 22.6 Å². The Kier molecular flexibility index (Phi) is 6.39. The van der Waals surface area contributed by atoms with Crippen molar-refractivity contribution in [3.8, 4) is 33.8 Å². The maximum atomic E-state index is 14.8. The molecule has 7 rings (SSSR count). The number of halogens is 1. The Morgan fingerprint density at radius 1 is 0.878 bits per heavy atom. The van der Waals surface area contributed by atoms with E-state index in [0.29, 0.717) is 11.5 Å². The average molecular weight is 548 g/mol. The fourth-order valence-corrected chi connectivity index (χ4v) is 5.66. The highest BCUT2D eigenvalue weighted by molar-refractivity contribution is 5.97. The van der Waals surface area contributed by atoms with Gasteiger partial charge in [-0.25, -0.2) is 14.4 Å². The molecule has 1 aliphatic heterocycles. The number of anilines is 1. The monoisotopic (exact) mass is 547 g/mol. The zero-order chi connectivity index (χ0) is 27.9. The number of imidazole rings is 1. The van der Waals surface area contributed by atoms with Gasteiger partial charge in [-0.2, -0.15) is 5.10 Å². The first-order valence-electron chi connectivity index (χ1n) is 13.8. The van der Waals surface area contributed by atoms with Crippen LogP contribution in [0.15, 0.2) is 61.3 Å². The standard InChI is InChI=1S/C31H30FN9/c1-40(2)18-19-8-21(14-33-13-19)22-11-25-29(38-39-30(25)35-15-22)31-36-27-17-34-16-26(28(27)37-31)20-9-23(32)12-24(10-20)41-6-4-3-5-7-41/h8-17H,3-7,18H2,1-2H3,(H,36,37)(H,35,38,39). The van der Waals surface area contributed by atoms with Gasteiger partial charge in [0.15, 0.2) is 11.5 Å². The second-order valence-electron chi connectivity index (χ2n) is 10.9. The lowest BCUT2D eigenvalue weighted by molar-refractivity contribution is 0.402. The SMILES string of the molecule is CN(C)Cc1cncc(-c2cnc3n[nH]c(-c4nc5c(-c6cc(F)cc(N7CCCCC7)c6)cncc5[nH]4)c3c2)c1. The Hall–Kier alpha value is -4.70. The Labute approximate surface area is 236 Å². The quantitative estimate of drug-likeness (QED) is 0.271. The number of hydrogen-bond acceptors (Lipinski definition) is 7. The number of rotatable bonds is 6. The first-order valence-corrected chi connectivity index (χ1v) is 13.8. The molecule has 0 radical (unpaired) electrons. The lowest BCUT2D eigenvalue weighted by atomic mass is 10.0. The Morgan fingerprint density at radius 2 is 1.71 bits per heavy atom. The van der Waals surface area contributed by atoms with Crippen molar-refractivity contribution < 1.29 is 4.39 Å². The molecule has 1 saturated heterocycles. The van der Waals surface area contributed by atoms with Gasteiger partial charge in [-0.05, 0) is 74.8 Å². The molecule has 2 N–H and O–H groups in total. The largest absolute Gasteiger partial charge is 0.371 e. The van der Waals surface area contributed by atoms with E-state index >= 15 is 0 Å². The van der Waals surface area contributed by atoms with Gasteiger partial charge < -0.3 is 14.8 Å². The summed E-state index contributed by atoms with van der Waals surface area (Å²) >= 11 is 0. The van der Waals surface area contributed by atoms with Gasteiger partial charge in [-0.1, -0.05) is 0 Å². The summed E-state index contributed by atoms with van der Waals surface area (Å²) in [6.45, 7) is 2.68. The number of aromatic amines is 2. The van der Waals surface area contributed by atoms with Gasteiger partial charge in [0, 0.05) is 66.8 Å². The molecule has 6 heterocycles. The minimum atomic E-state index is -0.266. The van der Waals surface area contributed by atoms with Crippen LogP contribution in [0.5, 0.6) is 0 Å². The van der Waals surface area contributed by atoms with Crippen LogP contribution in [0, 0.1) is 5.82 Å². The van der Waals surface area contributed by atoms with Crippen molar-refractivity contribution in [2.75, 3.05) is 32.1 Å². The predicted octanol–water partition coefficient (Wildman–Crippen LogP) is 5.82. The Balaban J connectivity index is 1.29. The highest BCUT2D eigenvalue weighted by Gasteiger charge is 2.18. The summed E-state index contributed by atoms with van der Waals surface area (Å²) in [5.41, 5.74) is 8.27. The van der Waals surface area contributed by atoms with Crippen molar-refractivity contribution >= 4 is 27.8 Å². The van der Waals surface area contributed by atoms with E-state index in [1.165, 1.54) is 6.42 Å². The third kappa shape index (κ3) is 4.91. The minimum absolute atomic E-state index is 0.266. The normalized spacial score (nSPS) is 14.0. The Bertz CT molecular complexity index is 1870. The number of nitrogens with zero attached hydrogens (tertiary/aromatic N) is 7. The van der Waals surface area contributed by atoms with E-state index < -0.39 is 0 Å². The number of fused-ring (bicyclic) bond motifs is 2. The summed E-state index contributed by atoms with van der Waals surface area (Å²) in [6.07, 6.45) is 12.5. The van der Waals surface area contributed by atoms with Crippen LogP contribution in [-0.2, 0) is 6.54 Å². The van der Waals surface area contributed by atoms with Gasteiger partial charge in [0.2, 0.25) is 0 Å². The third-order valence-corrected chi connectivity index (χ3v) is 7.58. The number of piperidine rings is 1. The number of aromatic nitrogens is 7. The number of pyridine rings is 3. The molecule has 1 fully saturated rings. The van der Waals surface area contributed by atoms with Crippen molar-refractivity contribution in [2.24, 2.45) is 0 Å². The number of hydrogen-bond donors (Lipinski definition) is 2. The van der Waals surface area contributed by atoms with Crippen LogP contribution >= 0.6 is 0 Å². The number of nitrogens with one attached hydrogen (secondary N) is 2. The molecule has 5 aromatic heterocycles. The molecule has 0 saturated carbocycles. The van der Waals surface area contributed by atoms with E-state index in [1.54, 1.807) is 24.5 Å². The van der Waals surface area contributed by atoms with Gasteiger partial charge in [0.25, 0.3) is 0 Å². The van der Waals surface area contributed by atoms with E-state index in [0.717, 1.165) is 88.1 Å². The lowest BCUT2D eigenvalue weighted by Crippen LogP contribution is -2.29. The Morgan fingerprint density at radius 3 is 2.56 bits per heavy atom. The highest BCUT2D eigenvalue weighted by atomic mass is 19.1.